The van der Waals surface area contributed by atoms with Crippen LogP contribution in [0.25, 0.3) is 10.9 Å². The van der Waals surface area contributed by atoms with Crippen molar-refractivity contribution >= 4 is 123 Å². The molecule has 1 unspecified atom stereocenters. The Morgan fingerprint density at radius 2 is 1.43 bits per heavy atom. The predicted octanol–water partition coefficient (Wildman–Crippen LogP) is -0.496. The van der Waals surface area contributed by atoms with Crippen LogP contribution in [0.2, 0.25) is 0 Å². The van der Waals surface area contributed by atoms with Gasteiger partial charge in [0.15, 0.2) is 11.6 Å². The Kier molecular flexibility index (Phi) is 31.7. The molecule has 2 bridgehead atoms. The third-order valence-electron chi connectivity index (χ3n) is 19.6. The number of hydrogen-bond acceptors (Lipinski definition) is 21. The van der Waals surface area contributed by atoms with E-state index in [4.69, 9.17) is 9.47 Å². The number of aromatic nitrogens is 1. The molecular formula is C73H97N13O21S. The molecular weight excluding hydrogens is 1430 g/mol. The monoisotopic (exact) mass is 1520 g/mol. The number of aliphatic hydroxyl groups is 1. The first kappa shape index (κ1) is 84.7. The lowest BCUT2D eigenvalue weighted by atomic mass is 9.83. The molecule has 1 saturated heterocycles. The number of imide groups is 1. The number of likely N-dealkylation sites (N-methyl/N-ethyl adjacent to an activating group) is 2. The highest BCUT2D eigenvalue weighted by Gasteiger charge is 2.47. The van der Waals surface area contributed by atoms with Gasteiger partial charge < -0.3 is 81.9 Å². The quantitative estimate of drug-likeness (QED) is 0.0339. The van der Waals surface area contributed by atoms with E-state index >= 15 is 14.4 Å². The molecule has 1 aromatic heterocycles. The molecule has 0 radical (unpaired) electrons. The van der Waals surface area contributed by atoms with Crippen LogP contribution < -0.4 is 47.3 Å². The van der Waals surface area contributed by atoms with E-state index < -0.39 is 238 Å². The number of ketones is 3. The maximum absolute atomic E-state index is 15.2. The number of methoxy groups -OCH3 is 1. The van der Waals surface area contributed by atoms with Gasteiger partial charge in [0.25, 0.3) is 11.8 Å². The van der Waals surface area contributed by atoms with Gasteiger partial charge in [-0.05, 0) is 55.4 Å². The molecule has 0 aliphatic carbocycles. The smallest absolute Gasteiger partial charge is 0.409 e. The summed E-state index contributed by atoms with van der Waals surface area (Å²) in [4.78, 5) is 240. The molecule has 108 heavy (non-hydrogen) atoms. The number of unbranched alkanes of at least 4 members (excludes halogenated alkanes) is 2. The maximum atomic E-state index is 15.2. The summed E-state index contributed by atoms with van der Waals surface area (Å²) in [6, 6.07) is 6.43. The summed E-state index contributed by atoms with van der Waals surface area (Å²) in [6.07, 6.45) is -3.37. The number of benzene rings is 2. The number of amides is 13. The van der Waals surface area contributed by atoms with E-state index in [0.29, 0.717) is 58.5 Å². The molecule has 4 aliphatic heterocycles. The third-order valence-corrected chi connectivity index (χ3v) is 20.7. The Hall–Kier alpha value is -10.6. The molecule has 1 fully saturated rings. The summed E-state index contributed by atoms with van der Waals surface area (Å²) in [5.41, 5.74) is 1.61. The number of thioether (sulfide) groups is 1. The summed E-state index contributed by atoms with van der Waals surface area (Å²) in [5, 5.41) is 42.8. The molecule has 2 aromatic carbocycles. The van der Waals surface area contributed by atoms with Crippen LogP contribution in [0, 0.1) is 23.7 Å². The first-order valence-electron chi connectivity index (χ1n) is 35.9. The standard InChI is InChI=1S/C73H97N13O21S/c1-8-40(2)66-70(103)76-36-61(95)79-52-39-108-71-49(48-19-18-46(106-7)32-50(48)80-71)28-44(54(88)20-21-58(92)81-66)29-56(90)67(41(3)42(4)87)82-69(102)53-33-47(38-86(53)72(104)45(30-55(52)89)31-65(99)100)107-73(105)84(6)26-25-83(5)64(98)37-77-68(101)51(27-43-15-11-9-12-16-43)78-60(94)35-75-59(93)34-74-57(91)17-13-10-14-24-85-62(96)22-23-63(85)97/h9,11-12,15-16,18-19,22-23,32,40-42,44-45,47,51-53,66-67,80,87H,8,10,13-14,17,20-21,24-31,33-39H2,1-7H3,(H,74,91)(H,75,93)(H,76,103)(H,77,101)(H,78,94)(H,79,95)(H,81,92)(H,82,102)(H,99,100)/t40-,41-,42-,44+,45-,47-,51+,52-,53?,66+,67+/m0/s1. The van der Waals surface area contributed by atoms with Gasteiger partial charge in [-0.2, -0.15) is 0 Å². The highest BCUT2D eigenvalue weighted by Crippen LogP contribution is 2.36. The molecule has 34 nitrogen and oxygen atoms in total. The van der Waals surface area contributed by atoms with Crippen LogP contribution in [0.5, 0.6) is 5.75 Å². The van der Waals surface area contributed by atoms with E-state index in [1.165, 1.54) is 52.1 Å². The van der Waals surface area contributed by atoms with Crippen molar-refractivity contribution in [1.82, 2.24) is 67.1 Å². The lowest BCUT2D eigenvalue weighted by molar-refractivity contribution is -0.148. The zero-order chi connectivity index (χ0) is 79.1. The largest absolute Gasteiger partial charge is 0.497 e. The molecule has 13 amide bonds. The number of hydrogen-bond donors (Lipinski definition) is 11. The number of ether oxygens (including phenoxy) is 2. The molecule has 11 atom stereocenters. The average Bonchev–Trinajstić information content (AvgIpc) is 1.63. The molecule has 586 valence electrons. The molecule has 7 rings (SSSR count). The van der Waals surface area contributed by atoms with Crippen LogP contribution in [0.4, 0.5) is 4.79 Å². The van der Waals surface area contributed by atoms with Gasteiger partial charge in [-0.15, -0.1) is 11.8 Å². The van der Waals surface area contributed by atoms with E-state index in [9.17, 15) is 77.3 Å². The number of Topliss-reactive ketones (excluding diaryl/α,β-unsaturated/α-hetero) is 3. The predicted molar refractivity (Wildman–Crippen MR) is 387 cm³/mol. The van der Waals surface area contributed by atoms with Crippen LogP contribution in [0.1, 0.15) is 109 Å². The van der Waals surface area contributed by atoms with Gasteiger partial charge in [0.2, 0.25) is 59.1 Å². The number of carboxylic acid groups (broad SMARTS) is 1. The lowest BCUT2D eigenvalue weighted by Gasteiger charge is -2.32. The minimum Gasteiger partial charge on any atom is -0.497 e. The number of aliphatic hydroxyl groups excluding tert-OH is 1. The number of carbonyl (C=O) groups excluding carboxylic acids is 16. The van der Waals surface area contributed by atoms with Crippen molar-refractivity contribution in [1.29, 1.82) is 0 Å². The Morgan fingerprint density at radius 3 is 2.11 bits per heavy atom. The molecule has 4 aliphatic rings. The molecule has 5 heterocycles. The summed E-state index contributed by atoms with van der Waals surface area (Å²) < 4.78 is 11.4. The molecule has 3 aromatic rings. The van der Waals surface area contributed by atoms with Gasteiger partial charge >= 0.3 is 12.1 Å². The number of aliphatic carboxylic acids is 1. The van der Waals surface area contributed by atoms with Crippen molar-refractivity contribution < 1.29 is 101 Å². The fraction of sp³-hybridized carbons (Fsp3) is 0.548. The van der Waals surface area contributed by atoms with E-state index in [1.807, 2.05) is 0 Å². The number of nitrogens with one attached hydrogen (secondary N) is 9. The van der Waals surface area contributed by atoms with Gasteiger partial charge in [-0.3, -0.25) is 81.6 Å². The second kappa shape index (κ2) is 40.4. The van der Waals surface area contributed by atoms with Crippen LogP contribution in [-0.4, -0.2) is 257 Å². The minimum absolute atomic E-state index is 0.0349. The number of aromatic amines is 1. The van der Waals surface area contributed by atoms with Crippen molar-refractivity contribution in [2.24, 2.45) is 23.7 Å². The highest BCUT2D eigenvalue weighted by molar-refractivity contribution is 7.99. The second-order valence-corrected chi connectivity index (χ2v) is 28.6. The Labute approximate surface area is 627 Å². The summed E-state index contributed by atoms with van der Waals surface area (Å²) >= 11 is 1.02. The first-order chi connectivity index (χ1) is 51.3. The highest BCUT2D eigenvalue weighted by atomic mass is 32.2. The number of nitrogens with zero attached hydrogens (tertiary/aromatic N) is 4. The van der Waals surface area contributed by atoms with Gasteiger partial charge in [-0.1, -0.05) is 63.9 Å². The number of carboxylic acids is 1. The van der Waals surface area contributed by atoms with Crippen LogP contribution in [0.15, 0.2) is 65.7 Å². The van der Waals surface area contributed by atoms with Gasteiger partial charge in [-0.25, -0.2) is 4.79 Å². The topological polar surface area (TPSA) is 474 Å². The van der Waals surface area contributed by atoms with Crippen molar-refractivity contribution in [2.45, 2.75) is 159 Å². The summed E-state index contributed by atoms with van der Waals surface area (Å²) in [5.74, 6) is -16.7. The molecule has 11 N–H and O–H groups in total. The van der Waals surface area contributed by atoms with Crippen molar-refractivity contribution in [2.75, 3.05) is 79.3 Å². The first-order valence-corrected chi connectivity index (χ1v) is 36.9. The maximum Gasteiger partial charge on any atom is 0.409 e. The normalized spacial score (nSPS) is 21.7. The van der Waals surface area contributed by atoms with E-state index in [1.54, 1.807) is 62.4 Å². The Balaban J connectivity index is 1.04. The van der Waals surface area contributed by atoms with E-state index in [0.717, 1.165) is 26.5 Å². The van der Waals surface area contributed by atoms with Crippen LogP contribution in [0.3, 0.4) is 0 Å². The van der Waals surface area contributed by atoms with Gasteiger partial charge in [0.05, 0.1) is 80.9 Å². The van der Waals surface area contributed by atoms with E-state index in [-0.39, 0.29) is 44.6 Å². The third kappa shape index (κ3) is 24.5. The summed E-state index contributed by atoms with van der Waals surface area (Å²) in [6.45, 7) is 3.24. The zero-order valence-corrected chi connectivity index (χ0v) is 62.3. The number of fused-ring (bicyclic) bond motifs is 5. The van der Waals surface area contributed by atoms with Gasteiger partial charge in [0, 0.05) is 120 Å². The second-order valence-electron chi connectivity index (χ2n) is 27.6. The Bertz CT molecular complexity index is 3890. The van der Waals surface area contributed by atoms with Crippen molar-refractivity contribution in [3.8, 4) is 5.75 Å². The average molecular weight is 1520 g/mol. The lowest BCUT2D eigenvalue weighted by Crippen LogP contribution is -2.55. The Morgan fingerprint density at radius 1 is 0.731 bits per heavy atom. The van der Waals surface area contributed by atoms with Gasteiger partial charge in [0.1, 0.15) is 35.8 Å². The fourth-order valence-electron chi connectivity index (χ4n) is 12.7. The zero-order valence-electron chi connectivity index (χ0n) is 61.5. The van der Waals surface area contributed by atoms with Crippen molar-refractivity contribution in [3.05, 3.63) is 71.8 Å². The van der Waals surface area contributed by atoms with Crippen LogP contribution in [-0.2, 0) is 94.3 Å². The van der Waals surface area contributed by atoms with Crippen LogP contribution >= 0.6 is 11.8 Å². The summed E-state index contributed by atoms with van der Waals surface area (Å²) in [7, 11) is 4.15. The van der Waals surface area contributed by atoms with Crippen molar-refractivity contribution in [3.63, 3.8) is 0 Å². The number of carbonyl (C=O) groups is 17. The number of rotatable bonds is 27. The molecule has 0 saturated carbocycles. The minimum atomic E-state index is -1.75. The fourth-order valence-corrected chi connectivity index (χ4v) is 13.9. The molecule has 0 spiro atoms. The van der Waals surface area contributed by atoms with E-state index in [2.05, 4.69) is 47.5 Å². The number of H-pyrrole nitrogens is 1. The molecule has 35 heteroatoms. The SMILES string of the molecule is CC[C@H](C)[C@H]1NC(=O)CCC(=O)[C@H]2CC(=O)[C@@H]([C@@H](C)[C@H](C)O)NC(=O)C3C[C@H](OC(=O)N(C)CCN(C)C(=O)CNC(=O)[C@@H](Cc4ccccc4)NC(=O)CNC(=O)CNC(=O)CCCCCN4C(=O)C=CC4=O)CN3C(=O)[C@H](CC(=O)O)CC(=O)[C@H](CSc3[nH]c4cc(OC)ccc4c3C2)NC(=O)CNC1=O.